The molecule has 6 nitrogen and oxygen atoms in total. The van der Waals surface area contributed by atoms with Gasteiger partial charge in [-0.05, 0) is 6.42 Å². The number of carbonyl (C=O) groups is 2. The number of nitrogens with zero attached hydrogens (tertiary/aromatic N) is 3. The highest BCUT2D eigenvalue weighted by molar-refractivity contribution is 5.76. The number of aldehydes is 1. The van der Waals surface area contributed by atoms with Gasteiger partial charge in [0.25, 0.3) is 0 Å². The van der Waals surface area contributed by atoms with E-state index in [-0.39, 0.29) is 25.2 Å². The van der Waals surface area contributed by atoms with Crippen molar-refractivity contribution in [1.82, 2.24) is 14.7 Å². The highest BCUT2D eigenvalue weighted by Gasteiger charge is 2.26. The van der Waals surface area contributed by atoms with Crippen molar-refractivity contribution in [2.24, 2.45) is 0 Å². The zero-order valence-corrected chi connectivity index (χ0v) is 12.1. The molecule has 0 aliphatic carbocycles. The first-order valence-corrected chi connectivity index (χ1v) is 6.90. The standard InChI is InChI=1S/C14H14F3N3O3/c15-14(16,17)5-2-1-3-6-20-12(9-21)10-8-19(13(22)23)7-4-11(10)18-20/h9H,1,3-4,6-8H2,(H,22,23). The number of halogens is 3. The van der Waals surface area contributed by atoms with Gasteiger partial charge in [0.2, 0.25) is 0 Å². The average Bonchev–Trinajstić information content (AvgIpc) is 2.81. The predicted molar refractivity (Wildman–Crippen MR) is 72.8 cm³/mol. The Hall–Kier alpha value is -2.50. The number of hydrogen-bond donors (Lipinski definition) is 1. The van der Waals surface area contributed by atoms with Gasteiger partial charge < -0.3 is 10.0 Å². The molecule has 0 spiro atoms. The second-order valence-corrected chi connectivity index (χ2v) is 5.01. The van der Waals surface area contributed by atoms with Crippen LogP contribution in [0.25, 0.3) is 0 Å². The lowest BCUT2D eigenvalue weighted by atomic mass is 10.1. The minimum Gasteiger partial charge on any atom is -0.465 e. The van der Waals surface area contributed by atoms with Crippen molar-refractivity contribution in [1.29, 1.82) is 0 Å². The number of fused-ring (bicyclic) bond motifs is 1. The van der Waals surface area contributed by atoms with Gasteiger partial charge in [0.15, 0.2) is 6.29 Å². The first-order valence-electron chi connectivity index (χ1n) is 6.90. The summed E-state index contributed by atoms with van der Waals surface area (Å²) in [6.07, 6.45) is -4.22. The Morgan fingerprint density at radius 3 is 2.78 bits per heavy atom. The maximum Gasteiger partial charge on any atom is 0.457 e. The van der Waals surface area contributed by atoms with E-state index < -0.39 is 12.3 Å². The number of alkyl halides is 3. The van der Waals surface area contributed by atoms with Gasteiger partial charge in [0, 0.05) is 37.4 Å². The first-order chi connectivity index (χ1) is 10.8. The largest absolute Gasteiger partial charge is 0.465 e. The summed E-state index contributed by atoms with van der Waals surface area (Å²) in [4.78, 5) is 23.4. The Bertz CT molecular complexity index is 671. The Morgan fingerprint density at radius 2 is 2.17 bits per heavy atom. The average molecular weight is 329 g/mol. The topological polar surface area (TPSA) is 75.4 Å². The summed E-state index contributed by atoms with van der Waals surface area (Å²) in [6, 6.07) is 0. The van der Waals surface area contributed by atoms with Gasteiger partial charge >= 0.3 is 12.3 Å². The molecule has 0 atom stereocenters. The van der Waals surface area contributed by atoms with Crippen molar-refractivity contribution in [2.45, 2.75) is 38.5 Å². The van der Waals surface area contributed by atoms with Gasteiger partial charge in [-0.3, -0.25) is 9.48 Å². The molecule has 1 amide bonds. The van der Waals surface area contributed by atoms with Gasteiger partial charge in [-0.25, -0.2) is 4.79 Å². The first kappa shape index (κ1) is 16.9. The Kier molecular flexibility index (Phi) is 4.93. The van der Waals surface area contributed by atoms with E-state index in [9.17, 15) is 22.8 Å². The molecular weight excluding hydrogens is 315 g/mol. The van der Waals surface area contributed by atoms with Gasteiger partial charge in [-0.1, -0.05) is 5.92 Å². The van der Waals surface area contributed by atoms with E-state index in [1.54, 1.807) is 0 Å². The Labute approximate surface area is 129 Å². The number of unbranched alkanes of at least 4 members (excludes halogenated alkanes) is 1. The summed E-state index contributed by atoms with van der Waals surface area (Å²) in [5.74, 6) is 3.21. The zero-order valence-electron chi connectivity index (χ0n) is 12.1. The van der Waals surface area contributed by atoms with Crippen LogP contribution in [0.15, 0.2) is 0 Å². The zero-order chi connectivity index (χ0) is 17.0. The minimum absolute atomic E-state index is 0.0313. The fraction of sp³-hybridized carbons (Fsp3) is 0.500. The molecule has 0 unspecified atom stereocenters. The molecule has 124 valence electrons. The molecule has 1 aromatic rings. The van der Waals surface area contributed by atoms with E-state index in [1.807, 2.05) is 5.92 Å². The van der Waals surface area contributed by atoms with E-state index in [1.165, 1.54) is 15.5 Å². The third-order valence-electron chi connectivity index (χ3n) is 3.43. The van der Waals surface area contributed by atoms with Crippen LogP contribution in [0.1, 0.15) is 34.6 Å². The smallest absolute Gasteiger partial charge is 0.457 e. The molecule has 0 saturated carbocycles. The predicted octanol–water partition coefficient (Wildman–Crippen LogP) is 2.08. The highest BCUT2D eigenvalue weighted by atomic mass is 19.4. The Balaban J connectivity index is 2.05. The van der Waals surface area contributed by atoms with E-state index in [0.29, 0.717) is 36.9 Å². The lowest BCUT2D eigenvalue weighted by Crippen LogP contribution is -2.34. The molecule has 1 N–H and O–H groups in total. The van der Waals surface area contributed by atoms with E-state index >= 15 is 0 Å². The fourth-order valence-electron chi connectivity index (χ4n) is 2.39. The van der Waals surface area contributed by atoms with Gasteiger partial charge in [-0.2, -0.15) is 18.3 Å². The molecule has 0 saturated heterocycles. The summed E-state index contributed by atoms with van der Waals surface area (Å²) >= 11 is 0. The molecule has 0 radical (unpaired) electrons. The maximum absolute atomic E-state index is 11.9. The molecule has 0 bridgehead atoms. The number of aryl methyl sites for hydroxylation is 1. The van der Waals surface area contributed by atoms with Crippen LogP contribution in [0.4, 0.5) is 18.0 Å². The SMILES string of the molecule is O=Cc1c2c(nn1CCCC#CC(F)(F)F)CCN(C(=O)O)C2. The maximum atomic E-state index is 11.9. The molecule has 1 aliphatic rings. The lowest BCUT2D eigenvalue weighted by molar-refractivity contribution is -0.0697. The van der Waals surface area contributed by atoms with Crippen LogP contribution in [-0.2, 0) is 19.5 Å². The van der Waals surface area contributed by atoms with Gasteiger partial charge in [-0.15, -0.1) is 0 Å². The number of carboxylic acid groups (broad SMARTS) is 1. The lowest BCUT2D eigenvalue weighted by Gasteiger charge is -2.23. The molecule has 23 heavy (non-hydrogen) atoms. The third kappa shape index (κ3) is 4.25. The molecular formula is C14H14F3N3O3. The summed E-state index contributed by atoms with van der Waals surface area (Å²) in [6.45, 7) is 0.641. The number of aromatic nitrogens is 2. The van der Waals surface area contributed by atoms with Crippen molar-refractivity contribution in [3.05, 3.63) is 17.0 Å². The number of carbonyl (C=O) groups excluding carboxylic acids is 1. The highest BCUT2D eigenvalue weighted by Crippen LogP contribution is 2.22. The van der Waals surface area contributed by atoms with Crippen LogP contribution in [0.2, 0.25) is 0 Å². The molecule has 9 heteroatoms. The summed E-state index contributed by atoms with van der Waals surface area (Å²) < 4.78 is 37.1. The number of amides is 1. The Morgan fingerprint density at radius 1 is 1.43 bits per heavy atom. The van der Waals surface area contributed by atoms with Crippen LogP contribution in [0, 0.1) is 11.8 Å². The summed E-state index contributed by atoms with van der Waals surface area (Å²) in [5, 5.41) is 13.3. The molecule has 0 aromatic carbocycles. The van der Waals surface area contributed by atoms with Gasteiger partial charge in [0.1, 0.15) is 5.69 Å². The van der Waals surface area contributed by atoms with Crippen LogP contribution >= 0.6 is 0 Å². The second-order valence-electron chi connectivity index (χ2n) is 5.01. The van der Waals surface area contributed by atoms with Crippen molar-refractivity contribution in [2.75, 3.05) is 6.54 Å². The molecule has 0 fully saturated rings. The van der Waals surface area contributed by atoms with E-state index in [0.717, 1.165) is 0 Å². The summed E-state index contributed by atoms with van der Waals surface area (Å²) in [5.41, 5.74) is 1.50. The fourth-order valence-corrected chi connectivity index (χ4v) is 2.39. The monoisotopic (exact) mass is 329 g/mol. The van der Waals surface area contributed by atoms with Crippen molar-refractivity contribution in [3.8, 4) is 11.8 Å². The van der Waals surface area contributed by atoms with Crippen LogP contribution in [0.3, 0.4) is 0 Å². The van der Waals surface area contributed by atoms with E-state index in [4.69, 9.17) is 5.11 Å². The third-order valence-corrected chi connectivity index (χ3v) is 3.43. The second kappa shape index (κ2) is 6.73. The minimum atomic E-state index is -4.50. The normalized spacial score (nSPS) is 14.0. The van der Waals surface area contributed by atoms with E-state index in [2.05, 4.69) is 5.10 Å². The summed E-state index contributed by atoms with van der Waals surface area (Å²) in [7, 11) is 0. The van der Waals surface area contributed by atoms with Crippen molar-refractivity contribution >= 4 is 12.4 Å². The number of hydrogen-bond acceptors (Lipinski definition) is 3. The molecule has 1 aliphatic heterocycles. The van der Waals surface area contributed by atoms with Crippen molar-refractivity contribution in [3.63, 3.8) is 0 Å². The molecule has 2 rings (SSSR count). The quantitative estimate of drug-likeness (QED) is 0.521. The van der Waals surface area contributed by atoms with Crippen LogP contribution in [0.5, 0.6) is 0 Å². The molecule has 2 heterocycles. The van der Waals surface area contributed by atoms with Gasteiger partial charge in [0.05, 0.1) is 12.2 Å². The van der Waals surface area contributed by atoms with Crippen LogP contribution < -0.4 is 0 Å². The number of rotatable bonds is 4. The van der Waals surface area contributed by atoms with Crippen LogP contribution in [-0.4, -0.2) is 44.9 Å². The molecule has 1 aromatic heterocycles. The van der Waals surface area contributed by atoms with Crippen molar-refractivity contribution < 1.29 is 27.9 Å².